The molecule has 0 fully saturated rings. The van der Waals surface area contributed by atoms with Gasteiger partial charge in [0.05, 0.1) is 62.1 Å². The fourth-order valence-corrected chi connectivity index (χ4v) is 11.5. The minimum Gasteiger partial charge on any atom is -0.359 e. The van der Waals surface area contributed by atoms with Crippen LogP contribution in [0.4, 0.5) is 0 Å². The van der Waals surface area contributed by atoms with E-state index in [1.165, 1.54) is 71.4 Å². The van der Waals surface area contributed by atoms with Crippen molar-refractivity contribution in [3.8, 4) is 22.9 Å². The number of nitrogens with zero attached hydrogens (tertiary/aromatic N) is 5. The molecule has 6 nitrogen and oxygen atoms in total. The standard InChI is InChI=1S/C67H68N6/c1-64(2,3)41-27-31-58-48(35-41)49-36-42(65(4,5)6)28-32-59(49)72(58)62-25-17-21-52(69-62)54-39-45(71-56-23-15-13-19-46(56)47-20-14-16-24-57(47)71)40-55(68-54)53-22-18-26-63(70-53)73-60-33-29-43(66(7,8)9)37-50(60)51-38-44(67(10,11)12)30-34-61(51)73/h13-37,39-40,44,52,69H,38H2,1-12H3. The summed E-state index contributed by atoms with van der Waals surface area (Å²) in [6, 6.07) is 49.3. The van der Waals surface area contributed by atoms with Gasteiger partial charge >= 0.3 is 0 Å². The Balaban J connectivity index is 1.03. The van der Waals surface area contributed by atoms with Crippen molar-refractivity contribution in [2.45, 2.75) is 112 Å². The average molecular weight is 957 g/mol. The normalized spacial score (nSPS) is 16.5. The number of benzene rings is 5. The second-order valence-electron chi connectivity index (χ2n) is 25.0. The maximum Gasteiger partial charge on any atom is 0.138 e. The number of fused-ring (bicyclic) bond motifs is 9. The number of aromatic nitrogens is 5. The fourth-order valence-electron chi connectivity index (χ4n) is 11.5. The lowest BCUT2D eigenvalue weighted by Gasteiger charge is -2.30. The number of nitrogens with one attached hydrogen (secondary N) is 1. The summed E-state index contributed by atoms with van der Waals surface area (Å²) in [6.07, 6.45) is 12.4. The number of rotatable bonds is 5. The van der Waals surface area contributed by atoms with E-state index in [1.54, 1.807) is 0 Å². The van der Waals surface area contributed by atoms with Gasteiger partial charge in [0.25, 0.3) is 0 Å². The Hall–Kier alpha value is -7.44. The van der Waals surface area contributed by atoms with Crippen molar-refractivity contribution < 1.29 is 0 Å². The van der Waals surface area contributed by atoms with Gasteiger partial charge in [0.2, 0.25) is 0 Å². The Morgan fingerprint density at radius 3 is 1.60 bits per heavy atom. The van der Waals surface area contributed by atoms with E-state index < -0.39 is 0 Å². The third kappa shape index (κ3) is 7.92. The molecule has 1 aliphatic heterocycles. The summed E-state index contributed by atoms with van der Waals surface area (Å²) in [7, 11) is 0. The first-order valence-corrected chi connectivity index (χ1v) is 26.3. The quantitative estimate of drug-likeness (QED) is 0.187. The summed E-state index contributed by atoms with van der Waals surface area (Å²) < 4.78 is 7.20. The molecular weight excluding hydrogens is 889 g/mol. The minimum absolute atomic E-state index is 0.0115. The topological polar surface area (TPSA) is 52.6 Å². The van der Waals surface area contributed by atoms with Crippen LogP contribution in [0.3, 0.4) is 0 Å². The van der Waals surface area contributed by atoms with Gasteiger partial charge in [-0.05, 0) is 141 Å². The molecule has 6 heteroatoms. The summed E-state index contributed by atoms with van der Waals surface area (Å²) in [5, 5.41) is 10.3. The summed E-state index contributed by atoms with van der Waals surface area (Å²) in [5.41, 5.74) is 16.2. The Morgan fingerprint density at radius 1 is 0.479 bits per heavy atom. The molecule has 0 radical (unpaired) electrons. The van der Waals surface area contributed by atoms with Crippen molar-refractivity contribution in [3.63, 3.8) is 0 Å². The van der Waals surface area contributed by atoms with Crippen molar-refractivity contribution in [1.82, 2.24) is 29.0 Å². The molecule has 2 atom stereocenters. The van der Waals surface area contributed by atoms with E-state index in [1.807, 2.05) is 0 Å². The van der Waals surface area contributed by atoms with Gasteiger partial charge < -0.3 is 9.88 Å². The molecule has 0 saturated carbocycles. The zero-order chi connectivity index (χ0) is 50.9. The highest BCUT2D eigenvalue weighted by molar-refractivity contribution is 6.11. The number of hydrogen-bond acceptors (Lipinski definition) is 3. The highest BCUT2D eigenvalue weighted by atomic mass is 15.2. The number of pyridine rings is 2. The average Bonchev–Trinajstić information content (AvgIpc) is 4.00. The van der Waals surface area contributed by atoms with Crippen LogP contribution in [0.25, 0.3) is 89.3 Å². The third-order valence-electron chi connectivity index (χ3n) is 15.8. The molecule has 0 amide bonds. The van der Waals surface area contributed by atoms with E-state index in [2.05, 4.69) is 266 Å². The first kappa shape index (κ1) is 46.6. The monoisotopic (exact) mass is 957 g/mol. The number of dihydropyridines is 1. The van der Waals surface area contributed by atoms with Crippen LogP contribution < -0.4 is 5.32 Å². The predicted octanol–water partition coefficient (Wildman–Crippen LogP) is 17.1. The van der Waals surface area contributed by atoms with Gasteiger partial charge in [-0.25, -0.2) is 9.97 Å². The van der Waals surface area contributed by atoms with E-state index in [0.29, 0.717) is 5.92 Å². The summed E-state index contributed by atoms with van der Waals surface area (Å²) in [5.74, 6) is 2.32. The van der Waals surface area contributed by atoms with Crippen LogP contribution in [0.5, 0.6) is 0 Å². The molecule has 0 bridgehead atoms. The van der Waals surface area contributed by atoms with E-state index in [-0.39, 0.29) is 27.7 Å². The van der Waals surface area contributed by atoms with E-state index in [0.717, 1.165) is 51.9 Å². The zero-order valence-corrected chi connectivity index (χ0v) is 44.7. The first-order valence-electron chi connectivity index (χ1n) is 26.3. The molecule has 5 aromatic carbocycles. The smallest absolute Gasteiger partial charge is 0.138 e. The summed E-state index contributed by atoms with van der Waals surface area (Å²) >= 11 is 0. The van der Waals surface area contributed by atoms with Crippen LogP contribution >= 0.6 is 0 Å². The van der Waals surface area contributed by atoms with E-state index >= 15 is 0 Å². The lowest BCUT2D eigenvalue weighted by atomic mass is 9.74. The Bertz CT molecular complexity index is 3840. The number of hydrogen-bond donors (Lipinski definition) is 1. The molecule has 1 N–H and O–H groups in total. The van der Waals surface area contributed by atoms with Crippen LogP contribution in [0.2, 0.25) is 0 Å². The Morgan fingerprint density at radius 2 is 1.03 bits per heavy atom. The molecule has 10 aromatic rings. The lowest BCUT2D eigenvalue weighted by molar-refractivity contribution is 0.291. The van der Waals surface area contributed by atoms with Gasteiger partial charge in [-0.3, -0.25) is 9.13 Å². The summed E-state index contributed by atoms with van der Waals surface area (Å²) in [4.78, 5) is 11.2. The predicted molar refractivity (Wildman–Crippen MR) is 309 cm³/mol. The van der Waals surface area contributed by atoms with Gasteiger partial charge in [0.15, 0.2) is 0 Å². The lowest BCUT2D eigenvalue weighted by Crippen LogP contribution is -2.25. The van der Waals surface area contributed by atoms with Crippen molar-refractivity contribution in [2.24, 2.45) is 11.3 Å². The molecule has 366 valence electrons. The Labute approximate surface area is 430 Å². The van der Waals surface area contributed by atoms with Crippen LogP contribution in [0.1, 0.15) is 123 Å². The third-order valence-corrected chi connectivity index (χ3v) is 15.8. The van der Waals surface area contributed by atoms with Gasteiger partial charge in [-0.1, -0.05) is 162 Å². The molecule has 73 heavy (non-hydrogen) atoms. The second-order valence-corrected chi connectivity index (χ2v) is 25.0. The van der Waals surface area contributed by atoms with Crippen LogP contribution in [-0.4, -0.2) is 23.7 Å². The maximum absolute atomic E-state index is 5.61. The first-order chi connectivity index (χ1) is 34.7. The molecule has 0 saturated heterocycles. The molecule has 0 spiro atoms. The van der Waals surface area contributed by atoms with Gasteiger partial charge in [0, 0.05) is 26.9 Å². The number of para-hydroxylation sites is 2. The van der Waals surface area contributed by atoms with Crippen molar-refractivity contribution in [3.05, 3.63) is 191 Å². The van der Waals surface area contributed by atoms with Crippen molar-refractivity contribution in [2.75, 3.05) is 0 Å². The van der Waals surface area contributed by atoms with Crippen LogP contribution in [0.15, 0.2) is 158 Å². The summed E-state index contributed by atoms with van der Waals surface area (Å²) in [6.45, 7) is 27.8. The zero-order valence-electron chi connectivity index (χ0n) is 44.7. The molecule has 5 aromatic heterocycles. The minimum atomic E-state index is -0.247. The van der Waals surface area contributed by atoms with Gasteiger partial charge in [-0.15, -0.1) is 0 Å². The molecule has 12 rings (SSSR count). The maximum atomic E-state index is 5.61. The second kappa shape index (κ2) is 16.5. The fraction of sp³-hybridized carbons (Fsp3) is 0.284. The molecule has 1 aliphatic carbocycles. The highest BCUT2D eigenvalue weighted by Crippen LogP contribution is 2.43. The SMILES string of the molecule is CC(C)(C)c1ccc2c(c1)c1c(n2-c2cccc(-c3cc(-n4c5ccccc5c5ccccc54)cc(C4C=CC=C(n5c6ccc(C(C)(C)C)cc6c6cc(C(C)(C)C)ccc65)N4)n3)n2)C=CC(C(C)(C)C)C1. The van der Waals surface area contributed by atoms with Crippen molar-refractivity contribution in [1.29, 1.82) is 0 Å². The van der Waals surface area contributed by atoms with Crippen molar-refractivity contribution >= 4 is 66.4 Å². The highest BCUT2D eigenvalue weighted by Gasteiger charge is 2.31. The Kier molecular flexibility index (Phi) is 10.6. The molecular formula is C67H68N6. The molecule has 2 aliphatic rings. The van der Waals surface area contributed by atoms with Gasteiger partial charge in [-0.2, -0.15) is 0 Å². The van der Waals surface area contributed by atoms with E-state index in [9.17, 15) is 0 Å². The largest absolute Gasteiger partial charge is 0.359 e. The van der Waals surface area contributed by atoms with Crippen LogP contribution in [-0.2, 0) is 22.7 Å². The number of allylic oxidation sites excluding steroid dienone is 3. The van der Waals surface area contributed by atoms with E-state index in [4.69, 9.17) is 9.97 Å². The molecule has 2 unspecified atom stereocenters. The van der Waals surface area contributed by atoms with Crippen LogP contribution in [0, 0.1) is 11.3 Å². The van der Waals surface area contributed by atoms with Gasteiger partial charge in [0.1, 0.15) is 11.6 Å². The molecule has 6 heterocycles.